The van der Waals surface area contributed by atoms with Gasteiger partial charge in [-0.05, 0) is 67.4 Å². The van der Waals surface area contributed by atoms with Crippen molar-refractivity contribution in [3.63, 3.8) is 0 Å². The van der Waals surface area contributed by atoms with Gasteiger partial charge in [-0.25, -0.2) is 4.98 Å². The SMILES string of the molecule is c1ccc(-c2nc(-c3ccc4ccc5ccc6ccccc6c5c4c3)nc(-n3c4ccccc4c4cc5ccccc5cc43)n2)cc1. The van der Waals surface area contributed by atoms with Crippen LogP contribution in [0.25, 0.3) is 93.6 Å². The van der Waals surface area contributed by atoms with E-state index in [1.807, 2.05) is 18.2 Å². The molecule has 0 aliphatic carbocycles. The predicted molar refractivity (Wildman–Crippen MR) is 195 cm³/mol. The van der Waals surface area contributed by atoms with Gasteiger partial charge in [-0.15, -0.1) is 0 Å². The molecule has 8 aromatic carbocycles. The average Bonchev–Trinajstić information content (AvgIpc) is 3.46. The number of rotatable bonds is 3. The zero-order chi connectivity index (χ0) is 30.9. The molecular weight excluding hydrogens is 573 g/mol. The van der Waals surface area contributed by atoms with Crippen LogP contribution >= 0.6 is 0 Å². The van der Waals surface area contributed by atoms with Crippen LogP contribution in [0.15, 0.2) is 158 Å². The summed E-state index contributed by atoms with van der Waals surface area (Å²) in [6, 6.07) is 55.7. The van der Waals surface area contributed by atoms with Crippen molar-refractivity contribution in [2.45, 2.75) is 0 Å². The molecule has 0 saturated heterocycles. The van der Waals surface area contributed by atoms with E-state index in [1.165, 1.54) is 53.9 Å². The van der Waals surface area contributed by atoms with Crippen molar-refractivity contribution in [3.8, 4) is 28.7 Å². The van der Waals surface area contributed by atoms with Crippen molar-refractivity contribution < 1.29 is 0 Å². The summed E-state index contributed by atoms with van der Waals surface area (Å²) in [6.45, 7) is 0. The Balaban J connectivity index is 1.28. The molecule has 0 amide bonds. The third-order valence-electron chi connectivity index (χ3n) is 9.38. The minimum absolute atomic E-state index is 0.596. The first-order valence-corrected chi connectivity index (χ1v) is 15.9. The summed E-state index contributed by atoms with van der Waals surface area (Å²) in [7, 11) is 0. The highest BCUT2D eigenvalue weighted by Gasteiger charge is 2.19. The summed E-state index contributed by atoms with van der Waals surface area (Å²) >= 11 is 0. The van der Waals surface area contributed by atoms with E-state index in [0.717, 1.165) is 22.2 Å². The molecule has 218 valence electrons. The molecule has 47 heavy (non-hydrogen) atoms. The highest BCUT2D eigenvalue weighted by atomic mass is 15.2. The molecule has 4 heteroatoms. The molecule has 0 aliphatic heterocycles. The number of nitrogens with zero attached hydrogens (tertiary/aromatic N) is 4. The van der Waals surface area contributed by atoms with Crippen LogP contribution in [-0.4, -0.2) is 19.5 Å². The van der Waals surface area contributed by atoms with Gasteiger partial charge in [-0.3, -0.25) is 4.57 Å². The third kappa shape index (κ3) is 4.05. The number of para-hydroxylation sites is 1. The van der Waals surface area contributed by atoms with Crippen LogP contribution in [-0.2, 0) is 0 Å². The minimum Gasteiger partial charge on any atom is -0.278 e. The summed E-state index contributed by atoms with van der Waals surface area (Å²) in [6.07, 6.45) is 0. The molecule has 0 N–H and O–H groups in total. The molecule has 10 aromatic rings. The predicted octanol–water partition coefficient (Wildman–Crippen LogP) is 10.9. The molecule has 0 fully saturated rings. The second kappa shape index (κ2) is 10.1. The van der Waals surface area contributed by atoms with E-state index >= 15 is 0 Å². The maximum absolute atomic E-state index is 5.24. The van der Waals surface area contributed by atoms with Gasteiger partial charge in [0.1, 0.15) is 0 Å². The first-order chi connectivity index (χ1) is 23.3. The second-order valence-electron chi connectivity index (χ2n) is 12.1. The molecule has 2 aromatic heterocycles. The number of hydrogen-bond donors (Lipinski definition) is 0. The van der Waals surface area contributed by atoms with Crippen LogP contribution in [0.4, 0.5) is 0 Å². The lowest BCUT2D eigenvalue weighted by Crippen LogP contribution is -2.06. The Kier molecular flexibility index (Phi) is 5.54. The van der Waals surface area contributed by atoms with Gasteiger partial charge in [-0.1, -0.05) is 133 Å². The van der Waals surface area contributed by atoms with Crippen LogP contribution < -0.4 is 0 Å². The summed E-state index contributed by atoms with van der Waals surface area (Å²) < 4.78 is 2.19. The van der Waals surface area contributed by atoms with Crippen molar-refractivity contribution in [1.82, 2.24) is 19.5 Å². The summed E-state index contributed by atoms with van der Waals surface area (Å²) in [5, 5.41) is 12.0. The number of aromatic nitrogens is 4. The molecular formula is C43H26N4. The van der Waals surface area contributed by atoms with Crippen LogP contribution in [0.3, 0.4) is 0 Å². The van der Waals surface area contributed by atoms with Crippen molar-refractivity contribution in [2.24, 2.45) is 0 Å². The molecule has 0 spiro atoms. The monoisotopic (exact) mass is 598 g/mol. The van der Waals surface area contributed by atoms with E-state index in [-0.39, 0.29) is 0 Å². The highest BCUT2D eigenvalue weighted by molar-refractivity contribution is 6.20. The molecule has 4 nitrogen and oxygen atoms in total. The van der Waals surface area contributed by atoms with E-state index < -0.39 is 0 Å². The summed E-state index contributed by atoms with van der Waals surface area (Å²) in [5.41, 5.74) is 4.02. The molecule has 0 bridgehead atoms. The topological polar surface area (TPSA) is 43.6 Å². The standard InChI is InChI=1S/C43H26N4/c1-2-11-30(12-3-1)41-44-42(33-23-20-28-19-22-29-21-18-27-10-6-7-15-34(27)40(29)36(28)25-33)46-43(45-41)47-38-17-9-8-16-35(38)37-24-31-13-4-5-14-32(31)26-39(37)47/h1-26H. The van der Waals surface area contributed by atoms with E-state index in [1.54, 1.807) is 0 Å². The van der Waals surface area contributed by atoms with Gasteiger partial charge in [0.2, 0.25) is 5.95 Å². The Bertz CT molecular complexity index is 2850. The van der Waals surface area contributed by atoms with Crippen LogP contribution in [0.2, 0.25) is 0 Å². The minimum atomic E-state index is 0.596. The van der Waals surface area contributed by atoms with E-state index in [4.69, 9.17) is 15.0 Å². The van der Waals surface area contributed by atoms with Crippen LogP contribution in [0, 0.1) is 0 Å². The molecule has 2 heterocycles. The summed E-state index contributed by atoms with van der Waals surface area (Å²) in [4.78, 5) is 15.5. The zero-order valence-corrected chi connectivity index (χ0v) is 25.3. The third-order valence-corrected chi connectivity index (χ3v) is 9.38. The number of fused-ring (bicyclic) bond motifs is 9. The Morgan fingerprint density at radius 2 is 0.936 bits per heavy atom. The van der Waals surface area contributed by atoms with Crippen molar-refractivity contribution in [1.29, 1.82) is 0 Å². The lowest BCUT2D eigenvalue weighted by Gasteiger charge is -2.12. The first kappa shape index (κ1) is 25.9. The van der Waals surface area contributed by atoms with Gasteiger partial charge in [-0.2, -0.15) is 9.97 Å². The molecule has 0 radical (unpaired) electrons. The average molecular weight is 599 g/mol. The maximum Gasteiger partial charge on any atom is 0.238 e. The normalized spacial score (nSPS) is 11.8. The highest BCUT2D eigenvalue weighted by Crippen LogP contribution is 2.37. The second-order valence-corrected chi connectivity index (χ2v) is 12.1. The lowest BCUT2D eigenvalue weighted by molar-refractivity contribution is 0.954. The van der Waals surface area contributed by atoms with E-state index in [2.05, 4.69) is 144 Å². The van der Waals surface area contributed by atoms with Crippen molar-refractivity contribution >= 4 is 64.9 Å². The lowest BCUT2D eigenvalue weighted by atomic mass is 9.95. The number of hydrogen-bond acceptors (Lipinski definition) is 3. The van der Waals surface area contributed by atoms with Gasteiger partial charge in [0.15, 0.2) is 11.6 Å². The zero-order valence-electron chi connectivity index (χ0n) is 25.3. The molecule has 0 unspecified atom stereocenters. The van der Waals surface area contributed by atoms with E-state index in [9.17, 15) is 0 Å². The fourth-order valence-corrected chi connectivity index (χ4v) is 7.15. The smallest absolute Gasteiger partial charge is 0.238 e. The molecule has 0 aliphatic rings. The van der Waals surface area contributed by atoms with Gasteiger partial charge in [0, 0.05) is 21.9 Å². The van der Waals surface area contributed by atoms with Gasteiger partial charge in [0.05, 0.1) is 11.0 Å². The van der Waals surface area contributed by atoms with Crippen LogP contribution in [0.5, 0.6) is 0 Å². The number of benzene rings is 8. The Labute approximate surface area is 270 Å². The summed E-state index contributed by atoms with van der Waals surface area (Å²) in [5.74, 6) is 1.87. The molecule has 10 rings (SSSR count). The van der Waals surface area contributed by atoms with Crippen molar-refractivity contribution in [3.05, 3.63) is 158 Å². The van der Waals surface area contributed by atoms with Gasteiger partial charge < -0.3 is 0 Å². The van der Waals surface area contributed by atoms with E-state index in [0.29, 0.717) is 17.6 Å². The molecule has 0 saturated carbocycles. The fraction of sp³-hybridized carbons (Fsp3) is 0. The Morgan fingerprint density at radius 3 is 1.74 bits per heavy atom. The quantitative estimate of drug-likeness (QED) is 0.190. The van der Waals surface area contributed by atoms with Gasteiger partial charge >= 0.3 is 0 Å². The van der Waals surface area contributed by atoms with Crippen molar-refractivity contribution in [2.75, 3.05) is 0 Å². The Hall–Kier alpha value is -6.39. The van der Waals surface area contributed by atoms with Gasteiger partial charge in [0.25, 0.3) is 0 Å². The molecule has 0 atom stereocenters. The maximum atomic E-state index is 5.24. The first-order valence-electron chi connectivity index (χ1n) is 15.9. The largest absolute Gasteiger partial charge is 0.278 e. The van der Waals surface area contributed by atoms with Crippen LogP contribution in [0.1, 0.15) is 0 Å². The Morgan fingerprint density at radius 1 is 0.340 bits per heavy atom. The fourth-order valence-electron chi connectivity index (χ4n) is 7.15.